The van der Waals surface area contributed by atoms with Crippen LogP contribution in [0.25, 0.3) is 0 Å². The van der Waals surface area contributed by atoms with E-state index >= 15 is 0 Å². The summed E-state index contributed by atoms with van der Waals surface area (Å²) in [7, 11) is 1.80. The second kappa shape index (κ2) is 5.82. The Bertz CT molecular complexity index is 499. The van der Waals surface area contributed by atoms with E-state index in [2.05, 4.69) is 10.4 Å². The van der Waals surface area contributed by atoms with E-state index in [1.54, 1.807) is 24.5 Å². The van der Waals surface area contributed by atoms with Gasteiger partial charge >= 0.3 is 0 Å². The van der Waals surface area contributed by atoms with Gasteiger partial charge in [0.2, 0.25) is 5.91 Å². The van der Waals surface area contributed by atoms with Crippen LogP contribution in [0.3, 0.4) is 0 Å². The normalized spacial score (nSPS) is 9.83. The molecule has 1 amide bonds. The Morgan fingerprint density at radius 3 is 2.50 bits per heavy atom. The molecule has 0 atom stereocenters. The second-order valence-corrected chi connectivity index (χ2v) is 3.96. The van der Waals surface area contributed by atoms with Gasteiger partial charge in [-0.05, 0) is 17.7 Å². The SMILES string of the molecule is CN(NC(=O)Cc1ccccc1)c1ccncc1. The molecule has 0 radical (unpaired) electrons. The first-order valence-corrected chi connectivity index (χ1v) is 5.73. The number of carbonyl (C=O) groups excluding carboxylic acids is 1. The summed E-state index contributed by atoms with van der Waals surface area (Å²) in [6, 6.07) is 13.3. The van der Waals surface area contributed by atoms with Crippen LogP contribution in [0, 0.1) is 0 Å². The van der Waals surface area contributed by atoms with Crippen LogP contribution in [-0.2, 0) is 11.2 Å². The average Bonchev–Trinajstić information content (AvgIpc) is 2.40. The molecule has 0 spiro atoms. The minimum atomic E-state index is -0.0412. The largest absolute Gasteiger partial charge is 0.289 e. The van der Waals surface area contributed by atoms with Crippen molar-refractivity contribution in [3.63, 3.8) is 0 Å². The van der Waals surface area contributed by atoms with E-state index in [4.69, 9.17) is 0 Å². The zero-order valence-corrected chi connectivity index (χ0v) is 10.2. The first-order valence-electron chi connectivity index (χ1n) is 5.73. The number of benzene rings is 1. The molecule has 0 bridgehead atoms. The number of nitrogens with zero attached hydrogens (tertiary/aromatic N) is 2. The maximum atomic E-state index is 11.8. The van der Waals surface area contributed by atoms with E-state index in [0.29, 0.717) is 6.42 Å². The highest BCUT2D eigenvalue weighted by atomic mass is 16.2. The Labute approximate surface area is 106 Å². The van der Waals surface area contributed by atoms with Crippen molar-refractivity contribution in [3.05, 3.63) is 60.4 Å². The number of nitrogens with one attached hydrogen (secondary N) is 1. The Morgan fingerprint density at radius 1 is 1.17 bits per heavy atom. The van der Waals surface area contributed by atoms with Crippen LogP contribution >= 0.6 is 0 Å². The van der Waals surface area contributed by atoms with E-state index < -0.39 is 0 Å². The van der Waals surface area contributed by atoms with Crippen molar-refractivity contribution in [3.8, 4) is 0 Å². The molecule has 0 aliphatic rings. The van der Waals surface area contributed by atoms with Gasteiger partial charge in [-0.25, -0.2) is 0 Å². The van der Waals surface area contributed by atoms with Crippen molar-refractivity contribution in [2.75, 3.05) is 12.1 Å². The van der Waals surface area contributed by atoms with Crippen LogP contribution in [0.5, 0.6) is 0 Å². The molecular formula is C14H15N3O. The highest BCUT2D eigenvalue weighted by Gasteiger charge is 2.06. The zero-order chi connectivity index (χ0) is 12.8. The van der Waals surface area contributed by atoms with Crippen LogP contribution in [0.2, 0.25) is 0 Å². The quantitative estimate of drug-likeness (QED) is 0.830. The third kappa shape index (κ3) is 3.31. The summed E-state index contributed by atoms with van der Waals surface area (Å²) in [4.78, 5) is 15.8. The molecule has 1 heterocycles. The summed E-state index contributed by atoms with van der Waals surface area (Å²) < 4.78 is 0. The first kappa shape index (κ1) is 12.1. The highest BCUT2D eigenvalue weighted by molar-refractivity contribution is 5.80. The van der Waals surface area contributed by atoms with Crippen LogP contribution in [0.1, 0.15) is 5.56 Å². The fourth-order valence-electron chi connectivity index (χ4n) is 1.64. The van der Waals surface area contributed by atoms with Crippen LogP contribution in [-0.4, -0.2) is 17.9 Å². The van der Waals surface area contributed by atoms with Gasteiger partial charge in [0.15, 0.2) is 0 Å². The minimum Gasteiger partial charge on any atom is -0.289 e. The third-order valence-corrected chi connectivity index (χ3v) is 2.55. The maximum absolute atomic E-state index is 11.8. The molecule has 2 aromatic rings. The van der Waals surface area contributed by atoms with Gasteiger partial charge in [-0.3, -0.25) is 20.2 Å². The van der Waals surface area contributed by atoms with Crippen molar-refractivity contribution in [1.82, 2.24) is 10.4 Å². The number of pyridine rings is 1. The molecule has 0 aliphatic carbocycles. The molecule has 1 aromatic carbocycles. The molecule has 4 heteroatoms. The predicted octanol–water partition coefficient (Wildman–Crippen LogP) is 1.79. The van der Waals surface area contributed by atoms with Gasteiger partial charge in [0.1, 0.15) is 0 Å². The number of hydrogen-bond donors (Lipinski definition) is 1. The van der Waals surface area contributed by atoms with Gasteiger partial charge in [0.05, 0.1) is 12.1 Å². The summed E-state index contributed by atoms with van der Waals surface area (Å²) in [6.45, 7) is 0. The monoisotopic (exact) mass is 241 g/mol. The summed E-state index contributed by atoms with van der Waals surface area (Å²) >= 11 is 0. The van der Waals surface area contributed by atoms with E-state index in [1.165, 1.54) is 0 Å². The maximum Gasteiger partial charge on any atom is 0.242 e. The Balaban J connectivity index is 1.92. The lowest BCUT2D eigenvalue weighted by molar-refractivity contribution is -0.120. The topological polar surface area (TPSA) is 45.2 Å². The van der Waals surface area contributed by atoms with Gasteiger partial charge < -0.3 is 0 Å². The Kier molecular flexibility index (Phi) is 3.91. The van der Waals surface area contributed by atoms with Gasteiger partial charge in [0, 0.05) is 19.4 Å². The lowest BCUT2D eigenvalue weighted by atomic mass is 10.1. The Hall–Kier alpha value is -2.36. The number of anilines is 1. The Morgan fingerprint density at radius 2 is 1.83 bits per heavy atom. The standard InChI is InChI=1S/C14H15N3O/c1-17(13-7-9-15-10-8-13)16-14(18)11-12-5-3-2-4-6-12/h2-10H,11H2,1H3,(H,16,18). The van der Waals surface area contributed by atoms with Gasteiger partial charge in [-0.2, -0.15) is 0 Å². The van der Waals surface area contributed by atoms with Crippen molar-refractivity contribution in [2.45, 2.75) is 6.42 Å². The molecule has 92 valence electrons. The zero-order valence-electron chi connectivity index (χ0n) is 10.2. The third-order valence-electron chi connectivity index (χ3n) is 2.55. The molecule has 0 aliphatic heterocycles. The lowest BCUT2D eigenvalue weighted by Gasteiger charge is -2.19. The van der Waals surface area contributed by atoms with E-state index in [0.717, 1.165) is 11.3 Å². The fraction of sp³-hybridized carbons (Fsp3) is 0.143. The molecule has 2 rings (SSSR count). The van der Waals surface area contributed by atoms with Gasteiger partial charge in [0.25, 0.3) is 0 Å². The van der Waals surface area contributed by atoms with E-state index in [1.807, 2.05) is 42.5 Å². The molecular weight excluding hydrogens is 226 g/mol. The minimum absolute atomic E-state index is 0.0412. The number of aromatic nitrogens is 1. The van der Waals surface area contributed by atoms with Crippen LogP contribution in [0.15, 0.2) is 54.9 Å². The summed E-state index contributed by atoms with van der Waals surface area (Å²) in [5.41, 5.74) is 4.70. The molecule has 1 N–H and O–H groups in total. The first-order chi connectivity index (χ1) is 8.75. The van der Waals surface area contributed by atoms with Crippen molar-refractivity contribution >= 4 is 11.6 Å². The molecule has 0 saturated carbocycles. The average molecular weight is 241 g/mol. The number of amides is 1. The highest BCUT2D eigenvalue weighted by Crippen LogP contribution is 2.07. The van der Waals surface area contributed by atoms with Crippen LogP contribution in [0.4, 0.5) is 5.69 Å². The second-order valence-electron chi connectivity index (χ2n) is 3.96. The number of hydrazine groups is 1. The number of carbonyl (C=O) groups is 1. The van der Waals surface area contributed by atoms with Crippen molar-refractivity contribution < 1.29 is 4.79 Å². The van der Waals surface area contributed by atoms with Gasteiger partial charge in [-0.1, -0.05) is 30.3 Å². The predicted molar refractivity (Wildman–Crippen MR) is 70.9 cm³/mol. The van der Waals surface area contributed by atoms with Crippen molar-refractivity contribution in [2.24, 2.45) is 0 Å². The van der Waals surface area contributed by atoms with Crippen molar-refractivity contribution in [1.29, 1.82) is 0 Å². The molecule has 0 unspecified atom stereocenters. The smallest absolute Gasteiger partial charge is 0.242 e. The molecule has 0 saturated heterocycles. The lowest BCUT2D eigenvalue weighted by Crippen LogP contribution is -2.40. The molecule has 18 heavy (non-hydrogen) atoms. The molecule has 1 aromatic heterocycles. The summed E-state index contributed by atoms with van der Waals surface area (Å²) in [6.07, 6.45) is 3.75. The molecule has 4 nitrogen and oxygen atoms in total. The summed E-state index contributed by atoms with van der Waals surface area (Å²) in [5, 5.41) is 1.69. The van der Waals surface area contributed by atoms with Crippen LogP contribution < -0.4 is 10.4 Å². The fourth-order valence-corrected chi connectivity index (χ4v) is 1.64. The van der Waals surface area contributed by atoms with Gasteiger partial charge in [-0.15, -0.1) is 0 Å². The molecule has 0 fully saturated rings. The summed E-state index contributed by atoms with van der Waals surface area (Å²) in [5.74, 6) is -0.0412. The van der Waals surface area contributed by atoms with E-state index in [9.17, 15) is 4.79 Å². The number of rotatable bonds is 4. The van der Waals surface area contributed by atoms with E-state index in [-0.39, 0.29) is 5.91 Å². The number of hydrogen-bond acceptors (Lipinski definition) is 3.